The summed E-state index contributed by atoms with van der Waals surface area (Å²) < 4.78 is 0. The van der Waals surface area contributed by atoms with E-state index < -0.39 is 5.60 Å². The molecule has 0 bridgehead atoms. The summed E-state index contributed by atoms with van der Waals surface area (Å²) in [6.07, 6.45) is 2.13. The smallest absolute Gasteiger partial charge is 0.222 e. The standard InChI is InChI=1S/C11H19ClN4O/c1-7(2)4-11(3,17)6-15-9-8(12)5-14-10(13)16-9/h5,7,17H,4,6H2,1-3H3,(H3,13,14,15,16). The summed E-state index contributed by atoms with van der Waals surface area (Å²) in [5.74, 6) is 1.02. The SMILES string of the molecule is CC(C)CC(C)(O)CNc1nc(N)ncc1Cl. The van der Waals surface area contributed by atoms with Crippen molar-refractivity contribution in [2.75, 3.05) is 17.6 Å². The topological polar surface area (TPSA) is 84.1 Å². The number of hydrogen-bond donors (Lipinski definition) is 3. The molecule has 0 radical (unpaired) electrons. The zero-order valence-corrected chi connectivity index (χ0v) is 11.1. The third kappa shape index (κ3) is 4.75. The fraction of sp³-hybridized carbons (Fsp3) is 0.636. The van der Waals surface area contributed by atoms with Crippen LogP contribution in [0.15, 0.2) is 6.20 Å². The molecule has 0 amide bonds. The molecule has 0 fully saturated rings. The van der Waals surface area contributed by atoms with Gasteiger partial charge in [-0.3, -0.25) is 0 Å². The lowest BCUT2D eigenvalue weighted by molar-refractivity contribution is 0.0515. The Kier molecular flexibility index (Phi) is 4.54. The van der Waals surface area contributed by atoms with E-state index in [4.69, 9.17) is 17.3 Å². The minimum atomic E-state index is -0.808. The first-order chi connectivity index (χ1) is 7.80. The Balaban J connectivity index is 2.63. The van der Waals surface area contributed by atoms with Gasteiger partial charge >= 0.3 is 0 Å². The number of aliphatic hydroxyl groups is 1. The third-order valence-corrected chi connectivity index (χ3v) is 2.52. The Bertz CT molecular complexity index is 382. The number of anilines is 2. The first-order valence-electron chi connectivity index (χ1n) is 5.54. The lowest BCUT2D eigenvalue weighted by Gasteiger charge is -2.26. The normalized spacial score (nSPS) is 14.7. The van der Waals surface area contributed by atoms with Gasteiger partial charge in [0, 0.05) is 6.54 Å². The van der Waals surface area contributed by atoms with Crippen LogP contribution in [0.5, 0.6) is 0 Å². The molecule has 0 aliphatic carbocycles. The summed E-state index contributed by atoms with van der Waals surface area (Å²) in [4.78, 5) is 7.73. The van der Waals surface area contributed by atoms with E-state index in [1.165, 1.54) is 6.20 Å². The van der Waals surface area contributed by atoms with Crippen molar-refractivity contribution < 1.29 is 5.11 Å². The van der Waals surface area contributed by atoms with Crippen molar-refractivity contribution in [2.45, 2.75) is 32.8 Å². The minimum Gasteiger partial charge on any atom is -0.388 e. The maximum atomic E-state index is 10.1. The first kappa shape index (κ1) is 14.0. The predicted molar refractivity (Wildman–Crippen MR) is 70.0 cm³/mol. The summed E-state index contributed by atoms with van der Waals surface area (Å²) in [7, 11) is 0. The molecule has 1 aromatic rings. The molecule has 1 atom stereocenters. The summed E-state index contributed by atoms with van der Waals surface area (Å²) in [5, 5.41) is 13.5. The molecule has 0 aliphatic heterocycles. The van der Waals surface area contributed by atoms with Gasteiger partial charge in [0.15, 0.2) is 5.82 Å². The second kappa shape index (κ2) is 5.51. The summed E-state index contributed by atoms with van der Waals surface area (Å²) >= 11 is 5.91. The van der Waals surface area contributed by atoms with Crippen LogP contribution in [-0.2, 0) is 0 Å². The van der Waals surface area contributed by atoms with Crippen LogP contribution >= 0.6 is 11.6 Å². The monoisotopic (exact) mass is 258 g/mol. The first-order valence-corrected chi connectivity index (χ1v) is 5.92. The molecule has 4 N–H and O–H groups in total. The van der Waals surface area contributed by atoms with Crippen molar-refractivity contribution in [3.05, 3.63) is 11.2 Å². The largest absolute Gasteiger partial charge is 0.388 e. The van der Waals surface area contributed by atoms with Gasteiger partial charge in [-0.1, -0.05) is 25.4 Å². The van der Waals surface area contributed by atoms with Crippen LogP contribution in [0.4, 0.5) is 11.8 Å². The average molecular weight is 259 g/mol. The van der Waals surface area contributed by atoms with E-state index in [1.54, 1.807) is 6.92 Å². The van der Waals surface area contributed by atoms with Crippen LogP contribution in [0, 0.1) is 5.92 Å². The molecule has 1 rings (SSSR count). The molecular weight excluding hydrogens is 240 g/mol. The number of nitrogens with one attached hydrogen (secondary N) is 1. The van der Waals surface area contributed by atoms with E-state index in [1.807, 2.05) is 0 Å². The van der Waals surface area contributed by atoms with Crippen molar-refractivity contribution >= 4 is 23.4 Å². The van der Waals surface area contributed by atoms with Crippen molar-refractivity contribution in [3.8, 4) is 0 Å². The van der Waals surface area contributed by atoms with E-state index >= 15 is 0 Å². The lowest BCUT2D eigenvalue weighted by atomic mass is 9.94. The van der Waals surface area contributed by atoms with Crippen molar-refractivity contribution in [1.82, 2.24) is 9.97 Å². The highest BCUT2D eigenvalue weighted by Crippen LogP contribution is 2.21. The molecule has 96 valence electrons. The fourth-order valence-electron chi connectivity index (χ4n) is 1.73. The van der Waals surface area contributed by atoms with Crippen LogP contribution in [-0.4, -0.2) is 27.2 Å². The molecule has 0 aliphatic rings. The van der Waals surface area contributed by atoms with E-state index in [0.29, 0.717) is 29.7 Å². The van der Waals surface area contributed by atoms with Gasteiger partial charge in [-0.15, -0.1) is 0 Å². The zero-order chi connectivity index (χ0) is 13.1. The fourth-order valence-corrected chi connectivity index (χ4v) is 1.89. The summed E-state index contributed by atoms with van der Waals surface area (Å²) in [6, 6.07) is 0. The molecule has 17 heavy (non-hydrogen) atoms. The van der Waals surface area contributed by atoms with Crippen LogP contribution in [0.2, 0.25) is 5.02 Å². The number of nitrogen functional groups attached to an aromatic ring is 1. The van der Waals surface area contributed by atoms with Gasteiger partial charge in [-0.25, -0.2) is 4.98 Å². The Labute approximate surface area is 106 Å². The number of halogens is 1. The number of hydrogen-bond acceptors (Lipinski definition) is 5. The van der Waals surface area contributed by atoms with Gasteiger partial charge in [0.1, 0.15) is 5.02 Å². The average Bonchev–Trinajstić information content (AvgIpc) is 2.17. The highest BCUT2D eigenvalue weighted by molar-refractivity contribution is 6.32. The molecule has 1 unspecified atom stereocenters. The van der Waals surface area contributed by atoms with Crippen molar-refractivity contribution in [2.24, 2.45) is 5.92 Å². The van der Waals surface area contributed by atoms with E-state index in [9.17, 15) is 5.11 Å². The second-order valence-corrected chi connectivity index (χ2v) is 5.28. The lowest BCUT2D eigenvalue weighted by Crippen LogP contribution is -2.35. The van der Waals surface area contributed by atoms with Gasteiger partial charge in [0.05, 0.1) is 11.8 Å². The highest BCUT2D eigenvalue weighted by atomic mass is 35.5. The maximum Gasteiger partial charge on any atom is 0.222 e. The Morgan fingerprint density at radius 3 is 2.82 bits per heavy atom. The molecule has 6 heteroatoms. The molecule has 5 nitrogen and oxygen atoms in total. The second-order valence-electron chi connectivity index (χ2n) is 4.87. The summed E-state index contributed by atoms with van der Waals surface area (Å²) in [6.45, 7) is 6.26. The Morgan fingerprint density at radius 1 is 1.59 bits per heavy atom. The van der Waals surface area contributed by atoms with Gasteiger partial charge < -0.3 is 16.2 Å². The molecule has 1 heterocycles. The number of nitrogens with two attached hydrogens (primary N) is 1. The van der Waals surface area contributed by atoms with Gasteiger partial charge in [-0.2, -0.15) is 4.98 Å². The van der Waals surface area contributed by atoms with E-state index in [0.717, 1.165) is 0 Å². The van der Waals surface area contributed by atoms with Crippen LogP contribution in [0.3, 0.4) is 0 Å². The van der Waals surface area contributed by atoms with Crippen LogP contribution in [0.1, 0.15) is 27.2 Å². The molecule has 0 spiro atoms. The van der Waals surface area contributed by atoms with Crippen molar-refractivity contribution in [1.29, 1.82) is 0 Å². The minimum absolute atomic E-state index is 0.153. The van der Waals surface area contributed by atoms with E-state index in [-0.39, 0.29) is 5.95 Å². The Morgan fingerprint density at radius 2 is 2.24 bits per heavy atom. The predicted octanol–water partition coefficient (Wildman–Crippen LogP) is 1.92. The quantitative estimate of drug-likeness (QED) is 0.752. The zero-order valence-electron chi connectivity index (χ0n) is 10.4. The molecule has 0 saturated heterocycles. The number of aromatic nitrogens is 2. The van der Waals surface area contributed by atoms with Gasteiger partial charge in [-0.05, 0) is 19.3 Å². The highest BCUT2D eigenvalue weighted by Gasteiger charge is 2.22. The number of rotatable bonds is 5. The molecular formula is C11H19ClN4O. The van der Waals surface area contributed by atoms with Gasteiger partial charge in [0.2, 0.25) is 5.95 Å². The summed E-state index contributed by atoms with van der Waals surface area (Å²) in [5.41, 5.74) is 4.66. The molecule has 0 saturated carbocycles. The molecule has 1 aromatic heterocycles. The van der Waals surface area contributed by atoms with Gasteiger partial charge in [0.25, 0.3) is 0 Å². The van der Waals surface area contributed by atoms with E-state index in [2.05, 4.69) is 29.1 Å². The molecule has 0 aromatic carbocycles. The number of nitrogens with zero attached hydrogens (tertiary/aromatic N) is 2. The Hall–Kier alpha value is -1.07. The maximum absolute atomic E-state index is 10.1. The third-order valence-electron chi connectivity index (χ3n) is 2.25. The van der Waals surface area contributed by atoms with Crippen molar-refractivity contribution in [3.63, 3.8) is 0 Å². The van der Waals surface area contributed by atoms with Crippen LogP contribution < -0.4 is 11.1 Å². The van der Waals surface area contributed by atoms with Crippen LogP contribution in [0.25, 0.3) is 0 Å².